The van der Waals surface area contributed by atoms with Crippen LogP contribution in [0.1, 0.15) is 0 Å². The number of piperazine rings is 1. The summed E-state index contributed by atoms with van der Waals surface area (Å²) >= 11 is 0. The predicted molar refractivity (Wildman–Crippen MR) is 93.7 cm³/mol. The van der Waals surface area contributed by atoms with Crippen molar-refractivity contribution in [3.63, 3.8) is 0 Å². The minimum Gasteiger partial charge on any atom is -0.361 e. The smallest absolute Gasteiger partial charge is 0.243 e. The normalized spacial score (nSPS) is 16.0. The van der Waals surface area contributed by atoms with Gasteiger partial charge in [-0.25, -0.2) is 12.8 Å². The summed E-state index contributed by atoms with van der Waals surface area (Å²) in [6.07, 6.45) is 0. The van der Waals surface area contributed by atoms with Crippen LogP contribution >= 0.6 is 0 Å². The summed E-state index contributed by atoms with van der Waals surface area (Å²) < 4.78 is 39.6. The van der Waals surface area contributed by atoms with E-state index < -0.39 is 15.8 Å². The molecule has 1 saturated heterocycles. The van der Waals surface area contributed by atoms with E-state index in [1.807, 2.05) is 36.0 Å². The number of rotatable bonds is 4. The molecular weight excluding hydrogens is 345 g/mol. The van der Waals surface area contributed by atoms with E-state index in [-0.39, 0.29) is 4.90 Å². The highest BCUT2D eigenvalue weighted by molar-refractivity contribution is 7.89. The lowest BCUT2D eigenvalue weighted by atomic mass is 10.3. The maximum Gasteiger partial charge on any atom is 0.243 e. The SMILES string of the molecule is CN(C)c1ccc(N2CCN(S(=O)(=O)c3ccc(F)cc3)CC2)nn1. The Morgan fingerprint density at radius 1 is 0.960 bits per heavy atom. The number of aromatic nitrogens is 2. The zero-order valence-corrected chi connectivity index (χ0v) is 14.9. The molecule has 1 aliphatic rings. The van der Waals surface area contributed by atoms with Crippen molar-refractivity contribution in [1.29, 1.82) is 0 Å². The van der Waals surface area contributed by atoms with Gasteiger partial charge in [0.25, 0.3) is 0 Å². The molecule has 0 bridgehead atoms. The monoisotopic (exact) mass is 365 g/mol. The molecule has 0 atom stereocenters. The Morgan fingerprint density at radius 3 is 2.12 bits per heavy atom. The summed E-state index contributed by atoms with van der Waals surface area (Å²) in [7, 11) is 0.178. The number of hydrogen-bond acceptors (Lipinski definition) is 6. The number of halogens is 1. The Hall–Kier alpha value is -2.26. The molecule has 134 valence electrons. The standard InChI is InChI=1S/C16H20FN5O2S/c1-20(2)15-7-8-16(19-18-15)21-9-11-22(12-10-21)25(23,24)14-5-3-13(17)4-6-14/h3-8H,9-12H2,1-2H3. The van der Waals surface area contributed by atoms with E-state index >= 15 is 0 Å². The van der Waals surface area contributed by atoms with Gasteiger partial charge >= 0.3 is 0 Å². The van der Waals surface area contributed by atoms with Crippen LogP contribution < -0.4 is 9.80 Å². The van der Waals surface area contributed by atoms with E-state index in [4.69, 9.17) is 0 Å². The molecule has 0 aliphatic carbocycles. The van der Waals surface area contributed by atoms with Gasteiger partial charge in [-0.1, -0.05) is 0 Å². The maximum absolute atomic E-state index is 13.0. The lowest BCUT2D eigenvalue weighted by Crippen LogP contribution is -2.49. The van der Waals surface area contributed by atoms with Crippen LogP contribution in [0, 0.1) is 5.82 Å². The molecule has 0 unspecified atom stereocenters. The molecule has 2 heterocycles. The fourth-order valence-corrected chi connectivity index (χ4v) is 4.06. The van der Waals surface area contributed by atoms with Crippen molar-refractivity contribution in [2.24, 2.45) is 0 Å². The highest BCUT2D eigenvalue weighted by Gasteiger charge is 2.29. The molecule has 0 N–H and O–H groups in total. The van der Waals surface area contributed by atoms with Gasteiger partial charge in [-0.15, -0.1) is 10.2 Å². The topological polar surface area (TPSA) is 69.6 Å². The van der Waals surface area contributed by atoms with E-state index in [0.29, 0.717) is 26.2 Å². The van der Waals surface area contributed by atoms with Crippen LogP contribution in [-0.2, 0) is 10.0 Å². The second kappa shape index (κ2) is 6.93. The minimum atomic E-state index is -3.61. The second-order valence-corrected chi connectivity index (χ2v) is 7.93. The predicted octanol–water partition coefficient (Wildman–Crippen LogP) is 1.19. The Morgan fingerprint density at radius 2 is 1.60 bits per heavy atom. The van der Waals surface area contributed by atoms with Gasteiger partial charge in [0.05, 0.1) is 4.90 Å². The van der Waals surface area contributed by atoms with Crippen LogP contribution in [0.5, 0.6) is 0 Å². The summed E-state index contributed by atoms with van der Waals surface area (Å²) in [5, 5.41) is 8.35. The van der Waals surface area contributed by atoms with Gasteiger partial charge < -0.3 is 9.80 Å². The van der Waals surface area contributed by atoms with Gasteiger partial charge in [0, 0.05) is 40.3 Å². The van der Waals surface area contributed by atoms with E-state index in [9.17, 15) is 12.8 Å². The molecule has 9 heteroatoms. The van der Waals surface area contributed by atoms with Crippen molar-refractivity contribution in [2.75, 3.05) is 50.1 Å². The minimum absolute atomic E-state index is 0.109. The Labute approximate surface area is 146 Å². The molecule has 1 fully saturated rings. The molecule has 0 saturated carbocycles. The van der Waals surface area contributed by atoms with Gasteiger partial charge in [0.15, 0.2) is 11.6 Å². The first-order valence-electron chi connectivity index (χ1n) is 7.89. The van der Waals surface area contributed by atoms with E-state index in [0.717, 1.165) is 23.8 Å². The van der Waals surface area contributed by atoms with Crippen molar-refractivity contribution in [3.05, 3.63) is 42.2 Å². The van der Waals surface area contributed by atoms with E-state index in [1.165, 1.54) is 16.4 Å². The fraction of sp³-hybridized carbons (Fsp3) is 0.375. The first kappa shape index (κ1) is 17.6. The van der Waals surface area contributed by atoms with Crippen LogP contribution in [0.4, 0.5) is 16.0 Å². The highest BCUT2D eigenvalue weighted by atomic mass is 32.2. The molecule has 0 radical (unpaired) electrons. The molecular formula is C16H20FN5O2S. The van der Waals surface area contributed by atoms with Gasteiger partial charge in [-0.2, -0.15) is 4.31 Å². The van der Waals surface area contributed by atoms with Crippen molar-refractivity contribution in [3.8, 4) is 0 Å². The largest absolute Gasteiger partial charge is 0.361 e. The molecule has 25 heavy (non-hydrogen) atoms. The van der Waals surface area contributed by atoms with Crippen molar-refractivity contribution in [1.82, 2.24) is 14.5 Å². The maximum atomic E-state index is 13.0. The van der Waals surface area contributed by atoms with Crippen molar-refractivity contribution < 1.29 is 12.8 Å². The van der Waals surface area contributed by atoms with Gasteiger partial charge in [0.2, 0.25) is 10.0 Å². The van der Waals surface area contributed by atoms with Crippen LogP contribution in [0.25, 0.3) is 0 Å². The molecule has 1 aromatic carbocycles. The number of nitrogens with zero attached hydrogens (tertiary/aromatic N) is 5. The zero-order chi connectivity index (χ0) is 18.0. The van der Waals surface area contributed by atoms with Gasteiger partial charge in [-0.3, -0.25) is 0 Å². The first-order chi connectivity index (χ1) is 11.9. The molecule has 1 aliphatic heterocycles. The Bertz CT molecular complexity index is 817. The van der Waals surface area contributed by atoms with Crippen LogP contribution in [0.15, 0.2) is 41.3 Å². The first-order valence-corrected chi connectivity index (χ1v) is 9.33. The number of sulfonamides is 1. The second-order valence-electron chi connectivity index (χ2n) is 5.99. The lowest BCUT2D eigenvalue weighted by molar-refractivity contribution is 0.383. The van der Waals surface area contributed by atoms with E-state index in [1.54, 1.807) is 0 Å². The van der Waals surface area contributed by atoms with Gasteiger partial charge in [0.1, 0.15) is 5.82 Å². The third-order valence-electron chi connectivity index (χ3n) is 4.11. The van der Waals surface area contributed by atoms with E-state index in [2.05, 4.69) is 10.2 Å². The van der Waals surface area contributed by atoms with Crippen LogP contribution in [0.2, 0.25) is 0 Å². The molecule has 3 rings (SSSR count). The molecule has 0 spiro atoms. The summed E-state index contributed by atoms with van der Waals surface area (Å²) in [6.45, 7) is 1.74. The fourth-order valence-electron chi connectivity index (χ4n) is 2.64. The van der Waals surface area contributed by atoms with Crippen molar-refractivity contribution in [2.45, 2.75) is 4.90 Å². The summed E-state index contributed by atoms with van der Waals surface area (Å²) in [5.74, 6) is 1.04. The van der Waals surface area contributed by atoms with Crippen molar-refractivity contribution >= 4 is 21.7 Å². The third-order valence-corrected chi connectivity index (χ3v) is 6.02. The van der Waals surface area contributed by atoms with Crippen LogP contribution in [-0.4, -0.2) is 63.2 Å². The summed E-state index contributed by atoms with van der Waals surface area (Å²) in [4.78, 5) is 3.98. The van der Waals surface area contributed by atoms with Crippen LogP contribution in [0.3, 0.4) is 0 Å². The molecule has 7 nitrogen and oxygen atoms in total. The number of anilines is 2. The Kier molecular flexibility index (Phi) is 4.87. The Balaban J connectivity index is 1.68. The summed E-state index contributed by atoms with van der Waals surface area (Å²) in [6, 6.07) is 8.66. The number of hydrogen-bond donors (Lipinski definition) is 0. The number of benzene rings is 1. The lowest BCUT2D eigenvalue weighted by Gasteiger charge is -2.34. The third kappa shape index (κ3) is 3.72. The average Bonchev–Trinajstić information content (AvgIpc) is 2.62. The zero-order valence-electron chi connectivity index (χ0n) is 14.1. The summed E-state index contributed by atoms with van der Waals surface area (Å²) in [5.41, 5.74) is 0. The highest BCUT2D eigenvalue weighted by Crippen LogP contribution is 2.20. The molecule has 1 aromatic heterocycles. The molecule has 2 aromatic rings. The quantitative estimate of drug-likeness (QED) is 0.811. The van der Waals surface area contributed by atoms with Gasteiger partial charge in [-0.05, 0) is 36.4 Å². The average molecular weight is 365 g/mol. The molecule has 0 amide bonds.